The van der Waals surface area contributed by atoms with Crippen LogP contribution in [0.3, 0.4) is 0 Å². The first-order valence-electron chi connectivity index (χ1n) is 9.35. The molecule has 4 aromatic rings. The van der Waals surface area contributed by atoms with Gasteiger partial charge < -0.3 is 0 Å². The van der Waals surface area contributed by atoms with E-state index in [9.17, 15) is 0 Å². The van der Waals surface area contributed by atoms with Gasteiger partial charge in [0.1, 0.15) is 0 Å². The molecule has 0 aliphatic heterocycles. The largest absolute Gasteiger partial charge is 0.135 e. The van der Waals surface area contributed by atoms with Crippen molar-refractivity contribution in [3.05, 3.63) is 102 Å². The van der Waals surface area contributed by atoms with Crippen LogP contribution in [-0.2, 0) is 0 Å². The van der Waals surface area contributed by atoms with Crippen LogP contribution in [0.1, 0.15) is 18.9 Å². The lowest BCUT2D eigenvalue weighted by atomic mass is 9.94. The average molecular weight is 365 g/mol. The Labute approximate surface area is 163 Å². The molecule has 0 radical (unpaired) electrons. The van der Waals surface area contributed by atoms with E-state index in [0.29, 0.717) is 0 Å². The average Bonchev–Trinajstić information content (AvgIpc) is 3.13. The Kier molecular flexibility index (Phi) is 4.03. The van der Waals surface area contributed by atoms with Crippen LogP contribution >= 0.6 is 11.3 Å². The standard InChI is InChI=1S/C26H20S/c1-18(19-9-3-2-4-10-19)20-11-7-12-21(17-20)22-14-8-15-24-23-13-5-6-16-25(23)27-26(22)24/h2-9,11-17H,10H2,1H3/b19-18+. The number of hydrogen-bond donors (Lipinski definition) is 0. The third-order valence-corrected chi connectivity index (χ3v) is 6.59. The Hall–Kier alpha value is -2.90. The monoisotopic (exact) mass is 364 g/mol. The number of hydrogen-bond acceptors (Lipinski definition) is 1. The van der Waals surface area contributed by atoms with E-state index in [1.54, 1.807) is 0 Å². The summed E-state index contributed by atoms with van der Waals surface area (Å²) >= 11 is 1.89. The molecule has 1 aliphatic carbocycles. The molecule has 1 heterocycles. The zero-order chi connectivity index (χ0) is 18.2. The smallest absolute Gasteiger partial charge is 0.0433 e. The van der Waals surface area contributed by atoms with Crippen molar-refractivity contribution in [1.29, 1.82) is 0 Å². The van der Waals surface area contributed by atoms with Crippen LogP contribution in [0.4, 0.5) is 0 Å². The molecule has 1 aromatic heterocycles. The number of thiophene rings is 1. The van der Waals surface area contributed by atoms with Crippen LogP contribution in [0.2, 0.25) is 0 Å². The molecule has 0 unspecified atom stereocenters. The summed E-state index contributed by atoms with van der Waals surface area (Å²) in [6.07, 6.45) is 9.72. The second kappa shape index (κ2) is 6.68. The third kappa shape index (κ3) is 2.85. The van der Waals surface area contributed by atoms with Crippen molar-refractivity contribution in [2.45, 2.75) is 13.3 Å². The van der Waals surface area contributed by atoms with Crippen LogP contribution < -0.4 is 0 Å². The highest BCUT2D eigenvalue weighted by atomic mass is 32.1. The van der Waals surface area contributed by atoms with E-state index in [1.165, 1.54) is 48.0 Å². The van der Waals surface area contributed by atoms with Gasteiger partial charge in [0.2, 0.25) is 0 Å². The highest BCUT2D eigenvalue weighted by molar-refractivity contribution is 7.26. The minimum Gasteiger partial charge on any atom is -0.135 e. The van der Waals surface area contributed by atoms with Gasteiger partial charge in [0.15, 0.2) is 0 Å². The van der Waals surface area contributed by atoms with E-state index >= 15 is 0 Å². The summed E-state index contributed by atoms with van der Waals surface area (Å²) in [5.74, 6) is 0. The molecule has 0 fully saturated rings. The Bertz CT molecular complexity index is 1250. The fourth-order valence-corrected chi connectivity index (χ4v) is 5.11. The summed E-state index contributed by atoms with van der Waals surface area (Å²) in [4.78, 5) is 0. The van der Waals surface area contributed by atoms with Gasteiger partial charge in [-0.1, -0.05) is 78.9 Å². The highest BCUT2D eigenvalue weighted by Gasteiger charge is 2.11. The lowest BCUT2D eigenvalue weighted by Gasteiger charge is -2.11. The Balaban J connectivity index is 1.68. The topological polar surface area (TPSA) is 0 Å². The summed E-state index contributed by atoms with van der Waals surface area (Å²) in [5, 5.41) is 2.71. The predicted octanol–water partition coefficient (Wildman–Crippen LogP) is 8.01. The van der Waals surface area contributed by atoms with Crippen molar-refractivity contribution in [3.63, 3.8) is 0 Å². The first-order valence-corrected chi connectivity index (χ1v) is 10.2. The molecule has 1 heteroatoms. The Morgan fingerprint density at radius 2 is 1.70 bits per heavy atom. The summed E-state index contributed by atoms with van der Waals surface area (Å²) in [6.45, 7) is 2.23. The Morgan fingerprint density at radius 1 is 0.852 bits per heavy atom. The zero-order valence-corrected chi connectivity index (χ0v) is 16.1. The van der Waals surface area contributed by atoms with Gasteiger partial charge in [-0.3, -0.25) is 0 Å². The van der Waals surface area contributed by atoms with E-state index in [2.05, 4.69) is 98.0 Å². The quantitative estimate of drug-likeness (QED) is 0.338. The lowest BCUT2D eigenvalue weighted by molar-refractivity contribution is 1.26. The first kappa shape index (κ1) is 16.3. The van der Waals surface area contributed by atoms with Gasteiger partial charge in [0.25, 0.3) is 0 Å². The molecule has 0 amide bonds. The fraction of sp³-hybridized carbons (Fsp3) is 0.0769. The molecule has 3 aromatic carbocycles. The van der Waals surface area contributed by atoms with Gasteiger partial charge >= 0.3 is 0 Å². The molecule has 0 bridgehead atoms. The minimum atomic E-state index is 1.01. The van der Waals surface area contributed by atoms with Crippen LogP contribution in [0.15, 0.2) is 96.6 Å². The van der Waals surface area contributed by atoms with E-state index in [1.807, 2.05) is 11.3 Å². The molecule has 27 heavy (non-hydrogen) atoms. The predicted molar refractivity (Wildman–Crippen MR) is 120 cm³/mol. The maximum absolute atomic E-state index is 2.34. The van der Waals surface area contributed by atoms with Gasteiger partial charge in [-0.25, -0.2) is 0 Å². The van der Waals surface area contributed by atoms with Crippen molar-refractivity contribution in [3.8, 4) is 11.1 Å². The molecule has 0 saturated carbocycles. The molecule has 5 rings (SSSR count). The van der Waals surface area contributed by atoms with Gasteiger partial charge in [-0.2, -0.15) is 0 Å². The second-order valence-electron chi connectivity index (χ2n) is 7.00. The van der Waals surface area contributed by atoms with E-state index in [0.717, 1.165) is 6.42 Å². The first-order chi connectivity index (χ1) is 13.3. The summed E-state index contributed by atoms with van der Waals surface area (Å²) in [6, 6.07) is 24.4. The molecular formula is C26H20S. The van der Waals surface area contributed by atoms with Crippen molar-refractivity contribution < 1.29 is 0 Å². The normalized spacial score (nSPS) is 15.6. The molecule has 1 aliphatic rings. The van der Waals surface area contributed by atoms with Crippen LogP contribution in [0, 0.1) is 0 Å². The van der Waals surface area contributed by atoms with Crippen LogP contribution in [0.5, 0.6) is 0 Å². The Morgan fingerprint density at radius 3 is 2.59 bits per heavy atom. The van der Waals surface area contributed by atoms with Crippen LogP contribution in [0.25, 0.3) is 36.9 Å². The van der Waals surface area contributed by atoms with Crippen molar-refractivity contribution >= 4 is 37.1 Å². The third-order valence-electron chi connectivity index (χ3n) is 5.37. The van der Waals surface area contributed by atoms with Gasteiger partial charge in [-0.05, 0) is 53.3 Å². The summed E-state index contributed by atoms with van der Waals surface area (Å²) in [7, 11) is 0. The molecule has 0 spiro atoms. The van der Waals surface area contributed by atoms with Gasteiger partial charge in [-0.15, -0.1) is 11.3 Å². The molecule has 0 nitrogen and oxygen atoms in total. The molecular weight excluding hydrogens is 344 g/mol. The maximum Gasteiger partial charge on any atom is 0.0433 e. The SMILES string of the molecule is C/C(=C1/C=CC=CC1)c1cccc(-c2cccc3c2sc2ccccc23)c1. The summed E-state index contributed by atoms with van der Waals surface area (Å²) < 4.78 is 2.73. The number of allylic oxidation sites excluding steroid dienone is 6. The minimum absolute atomic E-state index is 1.01. The van der Waals surface area contributed by atoms with E-state index in [4.69, 9.17) is 0 Å². The summed E-state index contributed by atoms with van der Waals surface area (Å²) in [5.41, 5.74) is 6.68. The molecule has 0 atom stereocenters. The lowest BCUT2D eigenvalue weighted by Crippen LogP contribution is -1.89. The number of fused-ring (bicyclic) bond motifs is 3. The second-order valence-corrected chi connectivity index (χ2v) is 8.06. The van der Waals surface area contributed by atoms with Gasteiger partial charge in [0.05, 0.1) is 0 Å². The van der Waals surface area contributed by atoms with Crippen molar-refractivity contribution in [1.82, 2.24) is 0 Å². The van der Waals surface area contributed by atoms with Crippen molar-refractivity contribution in [2.24, 2.45) is 0 Å². The molecule has 0 saturated heterocycles. The van der Waals surface area contributed by atoms with Crippen molar-refractivity contribution in [2.75, 3.05) is 0 Å². The number of benzene rings is 3. The maximum atomic E-state index is 2.34. The molecule has 130 valence electrons. The fourth-order valence-electron chi connectivity index (χ4n) is 3.87. The molecule has 0 N–H and O–H groups in total. The zero-order valence-electron chi connectivity index (χ0n) is 15.3. The van der Waals surface area contributed by atoms with E-state index in [-0.39, 0.29) is 0 Å². The number of rotatable bonds is 2. The van der Waals surface area contributed by atoms with Gasteiger partial charge in [0, 0.05) is 20.2 Å². The van der Waals surface area contributed by atoms with E-state index < -0.39 is 0 Å². The van der Waals surface area contributed by atoms with Crippen LogP contribution in [-0.4, -0.2) is 0 Å². The highest BCUT2D eigenvalue weighted by Crippen LogP contribution is 2.40.